The maximum Gasteiger partial charge on any atom is 0.378 e. The monoisotopic (exact) mass is 216 g/mol. The molecular weight excluding hydrogens is 204 g/mol. The summed E-state index contributed by atoms with van der Waals surface area (Å²) in [5.74, 6) is -3.26. The Morgan fingerprint density at radius 3 is 2.27 bits per heavy atom. The number of hydrogen-bond acceptors (Lipinski definition) is 6. The van der Waals surface area contributed by atoms with E-state index in [1.807, 2.05) is 0 Å². The Balaban J connectivity index is 2.95. The molecule has 6 heteroatoms. The molecule has 0 radical (unpaired) electrons. The molecule has 0 saturated heterocycles. The smallest absolute Gasteiger partial charge is 0.378 e. The van der Waals surface area contributed by atoms with Crippen LogP contribution in [0.25, 0.3) is 0 Å². The second-order valence-corrected chi connectivity index (χ2v) is 3.39. The van der Waals surface area contributed by atoms with Gasteiger partial charge < -0.3 is 25.2 Å². The normalized spacial score (nSPS) is 22.6. The number of ether oxygens (including phenoxy) is 1. The molecule has 0 spiro atoms. The van der Waals surface area contributed by atoms with Crippen molar-refractivity contribution >= 4 is 5.97 Å². The van der Waals surface area contributed by atoms with E-state index in [4.69, 9.17) is 5.11 Å². The Labute approximate surface area is 85.7 Å². The van der Waals surface area contributed by atoms with E-state index in [2.05, 4.69) is 4.74 Å². The Morgan fingerprint density at radius 2 is 1.93 bits per heavy atom. The summed E-state index contributed by atoms with van der Waals surface area (Å²) < 4.78 is 4.46. The fourth-order valence-corrected chi connectivity index (χ4v) is 1.12. The van der Waals surface area contributed by atoms with Gasteiger partial charge in [-0.1, -0.05) is 0 Å². The van der Waals surface area contributed by atoms with E-state index in [-0.39, 0.29) is 0 Å². The lowest BCUT2D eigenvalue weighted by atomic mass is 10.1. The molecule has 2 atom stereocenters. The van der Waals surface area contributed by atoms with Crippen molar-refractivity contribution in [1.82, 2.24) is 0 Å². The van der Waals surface area contributed by atoms with Gasteiger partial charge in [0.25, 0.3) is 0 Å². The molecule has 1 aliphatic heterocycles. The first-order valence-electron chi connectivity index (χ1n) is 4.23. The van der Waals surface area contributed by atoms with Gasteiger partial charge in [0.15, 0.2) is 18.0 Å². The molecule has 0 aromatic carbocycles. The maximum absolute atomic E-state index is 10.8. The number of hydrogen-bond donors (Lipinski definition) is 4. The van der Waals surface area contributed by atoms with E-state index in [0.29, 0.717) is 5.57 Å². The standard InChI is InChI=1S/C9H12O6/c1-3(2)4(10)5(11)8-6(12)7(13)9(14)15-8/h5,8,10-13H,1-2H3/t5-,8+/m0/s1. The Kier molecular flexibility index (Phi) is 2.90. The van der Waals surface area contributed by atoms with Crippen molar-refractivity contribution < 1.29 is 30.0 Å². The number of aliphatic hydroxyl groups excluding tert-OH is 4. The van der Waals surface area contributed by atoms with Gasteiger partial charge in [-0.05, 0) is 19.4 Å². The van der Waals surface area contributed by atoms with Crippen LogP contribution in [-0.2, 0) is 9.53 Å². The molecule has 15 heavy (non-hydrogen) atoms. The van der Waals surface area contributed by atoms with Gasteiger partial charge in [0.2, 0.25) is 5.76 Å². The maximum atomic E-state index is 10.8. The van der Waals surface area contributed by atoms with Crippen LogP contribution in [0.5, 0.6) is 0 Å². The predicted octanol–water partition coefficient (Wildman–Crippen LogP) is 0.452. The van der Waals surface area contributed by atoms with Crippen LogP contribution < -0.4 is 0 Å². The van der Waals surface area contributed by atoms with Crippen molar-refractivity contribution in [2.45, 2.75) is 26.1 Å². The highest BCUT2D eigenvalue weighted by Gasteiger charge is 2.40. The van der Waals surface area contributed by atoms with E-state index in [0.717, 1.165) is 0 Å². The molecule has 0 aromatic heterocycles. The van der Waals surface area contributed by atoms with Crippen molar-refractivity contribution in [1.29, 1.82) is 0 Å². The molecule has 0 aliphatic carbocycles. The van der Waals surface area contributed by atoms with Crippen molar-refractivity contribution in [2.75, 3.05) is 0 Å². The minimum absolute atomic E-state index is 0.408. The summed E-state index contributed by atoms with van der Waals surface area (Å²) in [5.41, 5.74) is 0.415. The predicted molar refractivity (Wildman–Crippen MR) is 49.2 cm³/mol. The second-order valence-electron chi connectivity index (χ2n) is 3.39. The first-order valence-corrected chi connectivity index (χ1v) is 4.23. The quantitative estimate of drug-likeness (QED) is 0.394. The lowest BCUT2D eigenvalue weighted by Gasteiger charge is -2.17. The number of aliphatic hydroxyl groups is 4. The Morgan fingerprint density at radius 1 is 1.40 bits per heavy atom. The average Bonchev–Trinajstić information content (AvgIpc) is 2.43. The highest BCUT2D eigenvalue weighted by atomic mass is 16.6. The summed E-state index contributed by atoms with van der Waals surface area (Å²) in [6.07, 6.45) is -3.03. The summed E-state index contributed by atoms with van der Waals surface area (Å²) in [6, 6.07) is 0. The number of rotatable bonds is 2. The van der Waals surface area contributed by atoms with Crippen molar-refractivity contribution in [3.05, 3.63) is 22.9 Å². The molecule has 0 saturated carbocycles. The van der Waals surface area contributed by atoms with Crippen molar-refractivity contribution in [2.24, 2.45) is 0 Å². The third kappa shape index (κ3) is 1.89. The van der Waals surface area contributed by atoms with Crippen LogP contribution >= 0.6 is 0 Å². The van der Waals surface area contributed by atoms with Crippen LogP contribution in [0.15, 0.2) is 22.9 Å². The molecule has 84 valence electrons. The van der Waals surface area contributed by atoms with Gasteiger partial charge in [-0.3, -0.25) is 0 Å². The van der Waals surface area contributed by atoms with Crippen molar-refractivity contribution in [3.8, 4) is 0 Å². The highest BCUT2D eigenvalue weighted by molar-refractivity contribution is 5.89. The highest BCUT2D eigenvalue weighted by Crippen LogP contribution is 2.24. The Hall–Kier alpha value is -1.69. The van der Waals surface area contributed by atoms with Gasteiger partial charge in [0, 0.05) is 0 Å². The largest absolute Gasteiger partial charge is 0.509 e. The van der Waals surface area contributed by atoms with E-state index >= 15 is 0 Å². The topological polar surface area (TPSA) is 107 Å². The minimum Gasteiger partial charge on any atom is -0.509 e. The first-order chi connectivity index (χ1) is 6.86. The van der Waals surface area contributed by atoms with Crippen LogP contribution in [-0.4, -0.2) is 38.6 Å². The minimum atomic E-state index is -1.58. The summed E-state index contributed by atoms with van der Waals surface area (Å²) in [4.78, 5) is 10.8. The third-order valence-electron chi connectivity index (χ3n) is 2.02. The number of cyclic esters (lactones) is 1. The lowest BCUT2D eigenvalue weighted by Crippen LogP contribution is -2.30. The second kappa shape index (κ2) is 3.82. The van der Waals surface area contributed by atoms with E-state index in [9.17, 15) is 20.1 Å². The van der Waals surface area contributed by atoms with Gasteiger partial charge in [-0.25, -0.2) is 4.79 Å². The number of carbonyl (C=O) groups is 1. The molecule has 0 unspecified atom stereocenters. The molecule has 4 N–H and O–H groups in total. The zero-order chi connectivity index (χ0) is 11.7. The molecule has 0 fully saturated rings. The Bertz CT molecular complexity index is 350. The van der Waals surface area contributed by atoms with Crippen LogP contribution in [0.3, 0.4) is 0 Å². The molecule has 1 rings (SSSR count). The summed E-state index contributed by atoms with van der Waals surface area (Å²) in [6.45, 7) is 3.08. The zero-order valence-electron chi connectivity index (χ0n) is 8.26. The zero-order valence-corrected chi connectivity index (χ0v) is 8.26. The molecule has 0 amide bonds. The van der Waals surface area contributed by atoms with Crippen LogP contribution in [0.1, 0.15) is 13.8 Å². The van der Waals surface area contributed by atoms with E-state index in [1.165, 1.54) is 13.8 Å². The fourth-order valence-electron chi connectivity index (χ4n) is 1.12. The summed E-state index contributed by atoms with van der Waals surface area (Å²) in [7, 11) is 0. The van der Waals surface area contributed by atoms with Crippen LogP contribution in [0, 0.1) is 0 Å². The molecule has 6 nitrogen and oxygen atoms in total. The van der Waals surface area contributed by atoms with E-state index < -0.39 is 35.5 Å². The van der Waals surface area contributed by atoms with Gasteiger partial charge in [-0.2, -0.15) is 0 Å². The van der Waals surface area contributed by atoms with Gasteiger partial charge in [-0.15, -0.1) is 0 Å². The molecule has 0 aromatic rings. The first kappa shape index (κ1) is 11.4. The van der Waals surface area contributed by atoms with Crippen LogP contribution in [0.2, 0.25) is 0 Å². The van der Waals surface area contributed by atoms with Gasteiger partial charge >= 0.3 is 5.97 Å². The molecule has 0 bridgehead atoms. The van der Waals surface area contributed by atoms with Crippen molar-refractivity contribution in [3.63, 3.8) is 0 Å². The summed E-state index contributed by atoms with van der Waals surface area (Å²) >= 11 is 0. The third-order valence-corrected chi connectivity index (χ3v) is 2.02. The molecular formula is C9H12O6. The van der Waals surface area contributed by atoms with Gasteiger partial charge in [0.05, 0.1) is 0 Å². The van der Waals surface area contributed by atoms with Crippen LogP contribution in [0.4, 0.5) is 0 Å². The lowest BCUT2D eigenvalue weighted by molar-refractivity contribution is -0.146. The SMILES string of the molecule is CC(C)=C(O)[C@H](O)[C@H]1OC(=O)C(O)=C1O. The van der Waals surface area contributed by atoms with Gasteiger partial charge in [0.1, 0.15) is 5.76 Å². The van der Waals surface area contributed by atoms with E-state index in [1.54, 1.807) is 0 Å². The fraction of sp³-hybridized carbons (Fsp3) is 0.444. The average molecular weight is 216 g/mol. The summed E-state index contributed by atoms with van der Waals surface area (Å²) in [5, 5.41) is 37.0. The number of allylic oxidation sites excluding steroid dienone is 1. The number of esters is 1. The number of carbonyl (C=O) groups excluding carboxylic acids is 1. The molecule has 1 heterocycles. The molecule has 1 aliphatic rings.